The van der Waals surface area contributed by atoms with E-state index < -0.39 is 0 Å². The lowest BCUT2D eigenvalue weighted by molar-refractivity contribution is 0.960. The van der Waals surface area contributed by atoms with Crippen LogP contribution in [0.4, 0.5) is 0 Å². The maximum atomic E-state index is 4.47. The molecule has 3 aromatic rings. The number of rotatable bonds is 2. The van der Waals surface area contributed by atoms with Crippen LogP contribution < -0.4 is 0 Å². The molecule has 0 aromatic carbocycles. The first kappa shape index (κ1) is 11.3. The second-order valence-electron chi connectivity index (χ2n) is 3.98. The summed E-state index contributed by atoms with van der Waals surface area (Å²) in [6.07, 6.45) is 9.86. The zero-order valence-electron chi connectivity index (χ0n) is 9.71. The van der Waals surface area contributed by atoms with Crippen molar-refractivity contribution in [2.75, 3.05) is 0 Å². The molecule has 0 aliphatic rings. The summed E-state index contributed by atoms with van der Waals surface area (Å²) in [6, 6.07) is 0. The molecular weight excluding hydrogens is 294 g/mol. The third-order valence-electron chi connectivity index (χ3n) is 2.62. The minimum absolute atomic E-state index is 0.667. The summed E-state index contributed by atoms with van der Waals surface area (Å²) in [7, 11) is 0. The molecule has 0 fully saturated rings. The van der Waals surface area contributed by atoms with Crippen LogP contribution in [0.2, 0.25) is 0 Å². The van der Waals surface area contributed by atoms with Gasteiger partial charge in [-0.2, -0.15) is 0 Å². The van der Waals surface area contributed by atoms with Gasteiger partial charge >= 0.3 is 0 Å². The van der Waals surface area contributed by atoms with Gasteiger partial charge < -0.3 is 4.40 Å². The van der Waals surface area contributed by atoms with Gasteiger partial charge in [0, 0.05) is 37.4 Å². The molecule has 6 heteroatoms. The van der Waals surface area contributed by atoms with Gasteiger partial charge in [-0.25, -0.2) is 19.9 Å². The van der Waals surface area contributed by atoms with Crippen molar-refractivity contribution in [2.45, 2.75) is 13.3 Å². The summed E-state index contributed by atoms with van der Waals surface area (Å²) >= 11 is 3.40. The first-order valence-corrected chi connectivity index (χ1v) is 6.27. The van der Waals surface area contributed by atoms with Crippen LogP contribution in [-0.2, 0) is 6.42 Å². The standard InChI is InChI=1S/C12H10BrN5/c1-8-15-5-9(6-16-8)4-10-12-14-2-3-18(12)7-11(13)17-10/h2-3,5-7H,4H2,1H3. The fourth-order valence-electron chi connectivity index (χ4n) is 1.79. The van der Waals surface area contributed by atoms with Gasteiger partial charge in [0.15, 0.2) is 5.65 Å². The van der Waals surface area contributed by atoms with E-state index in [0.717, 1.165) is 27.3 Å². The number of halogens is 1. The maximum absolute atomic E-state index is 4.47. The number of aromatic nitrogens is 5. The Kier molecular flexibility index (Phi) is 2.79. The number of hydrogen-bond donors (Lipinski definition) is 0. The molecule has 3 heterocycles. The topological polar surface area (TPSA) is 56.0 Å². The first-order valence-electron chi connectivity index (χ1n) is 5.48. The van der Waals surface area contributed by atoms with Crippen molar-refractivity contribution in [3.8, 4) is 0 Å². The lowest BCUT2D eigenvalue weighted by Crippen LogP contribution is -2.00. The molecule has 3 aromatic heterocycles. The summed E-state index contributed by atoms with van der Waals surface area (Å²) in [5.74, 6) is 0.770. The number of nitrogens with zero attached hydrogens (tertiary/aromatic N) is 5. The van der Waals surface area contributed by atoms with E-state index in [-0.39, 0.29) is 0 Å². The fourth-order valence-corrected chi connectivity index (χ4v) is 2.22. The molecule has 0 N–H and O–H groups in total. The number of imidazole rings is 1. The van der Waals surface area contributed by atoms with Crippen LogP contribution in [0.3, 0.4) is 0 Å². The molecule has 0 aliphatic carbocycles. The van der Waals surface area contributed by atoms with Gasteiger partial charge in [0.05, 0.1) is 5.69 Å². The summed E-state index contributed by atoms with van der Waals surface area (Å²) in [6.45, 7) is 1.87. The number of fused-ring (bicyclic) bond motifs is 1. The Morgan fingerprint density at radius 1 is 1.22 bits per heavy atom. The van der Waals surface area contributed by atoms with Gasteiger partial charge in [0.1, 0.15) is 10.4 Å². The third kappa shape index (κ3) is 2.11. The average Bonchev–Trinajstić information content (AvgIpc) is 2.80. The Hall–Kier alpha value is -1.82. The van der Waals surface area contributed by atoms with Crippen molar-refractivity contribution < 1.29 is 0 Å². The average molecular weight is 304 g/mol. The highest BCUT2D eigenvalue weighted by atomic mass is 79.9. The van der Waals surface area contributed by atoms with E-state index in [2.05, 4.69) is 35.9 Å². The van der Waals surface area contributed by atoms with Crippen LogP contribution in [0.5, 0.6) is 0 Å². The molecular formula is C12H10BrN5. The number of aryl methyl sites for hydroxylation is 1. The van der Waals surface area contributed by atoms with E-state index in [1.165, 1.54) is 0 Å². The molecule has 90 valence electrons. The van der Waals surface area contributed by atoms with Crippen molar-refractivity contribution in [3.63, 3.8) is 0 Å². The quantitative estimate of drug-likeness (QED) is 0.728. The molecule has 0 saturated heterocycles. The van der Waals surface area contributed by atoms with E-state index in [4.69, 9.17) is 0 Å². The minimum Gasteiger partial charge on any atom is -0.303 e. The normalized spacial score (nSPS) is 11.0. The molecule has 3 rings (SSSR count). The molecule has 0 aliphatic heterocycles. The van der Waals surface area contributed by atoms with E-state index >= 15 is 0 Å². The summed E-state index contributed by atoms with van der Waals surface area (Å²) in [5, 5.41) is 0. The van der Waals surface area contributed by atoms with Gasteiger partial charge in [-0.15, -0.1) is 0 Å². The highest BCUT2D eigenvalue weighted by Crippen LogP contribution is 2.15. The van der Waals surface area contributed by atoms with Gasteiger partial charge in [-0.1, -0.05) is 0 Å². The van der Waals surface area contributed by atoms with Crippen molar-refractivity contribution >= 4 is 21.6 Å². The Balaban J connectivity index is 2.03. The zero-order valence-corrected chi connectivity index (χ0v) is 11.3. The molecule has 18 heavy (non-hydrogen) atoms. The van der Waals surface area contributed by atoms with Crippen molar-refractivity contribution in [1.82, 2.24) is 24.3 Å². The Labute approximate surface area is 112 Å². The molecule has 0 amide bonds. The van der Waals surface area contributed by atoms with Crippen LogP contribution in [-0.4, -0.2) is 24.3 Å². The largest absolute Gasteiger partial charge is 0.303 e. The van der Waals surface area contributed by atoms with Gasteiger partial charge in [0.2, 0.25) is 0 Å². The number of hydrogen-bond acceptors (Lipinski definition) is 4. The van der Waals surface area contributed by atoms with E-state index in [1.807, 2.05) is 36.1 Å². The SMILES string of the molecule is Cc1ncc(Cc2nc(Br)cn3ccnc23)cn1. The molecule has 0 unspecified atom stereocenters. The van der Waals surface area contributed by atoms with Crippen LogP contribution in [0.15, 0.2) is 35.6 Å². The van der Waals surface area contributed by atoms with Crippen molar-refractivity contribution in [2.24, 2.45) is 0 Å². The van der Waals surface area contributed by atoms with Crippen molar-refractivity contribution in [1.29, 1.82) is 0 Å². The zero-order chi connectivity index (χ0) is 12.5. The second-order valence-corrected chi connectivity index (χ2v) is 4.80. The van der Waals surface area contributed by atoms with Crippen LogP contribution in [0.1, 0.15) is 17.1 Å². The monoisotopic (exact) mass is 303 g/mol. The first-order chi connectivity index (χ1) is 8.72. The van der Waals surface area contributed by atoms with Gasteiger partial charge in [-0.05, 0) is 28.4 Å². The summed E-state index contributed by atoms with van der Waals surface area (Å²) < 4.78 is 2.73. The lowest BCUT2D eigenvalue weighted by atomic mass is 10.2. The molecule has 5 nitrogen and oxygen atoms in total. The van der Waals surface area contributed by atoms with E-state index in [9.17, 15) is 0 Å². The van der Waals surface area contributed by atoms with E-state index in [0.29, 0.717) is 6.42 Å². The highest BCUT2D eigenvalue weighted by molar-refractivity contribution is 9.10. The molecule has 0 bridgehead atoms. The minimum atomic E-state index is 0.667. The predicted octanol–water partition coefficient (Wildman–Crippen LogP) is 2.18. The smallest absolute Gasteiger partial charge is 0.158 e. The summed E-state index contributed by atoms with van der Waals surface area (Å²) in [5.41, 5.74) is 2.79. The summed E-state index contributed by atoms with van der Waals surface area (Å²) in [4.78, 5) is 17.2. The fraction of sp³-hybridized carbons (Fsp3) is 0.167. The Morgan fingerprint density at radius 3 is 2.78 bits per heavy atom. The molecule has 0 spiro atoms. The van der Waals surface area contributed by atoms with Crippen LogP contribution >= 0.6 is 15.9 Å². The predicted molar refractivity (Wildman–Crippen MR) is 70.3 cm³/mol. The molecule has 0 radical (unpaired) electrons. The maximum Gasteiger partial charge on any atom is 0.158 e. The Bertz CT molecular complexity index is 689. The van der Waals surface area contributed by atoms with E-state index in [1.54, 1.807) is 6.20 Å². The van der Waals surface area contributed by atoms with Gasteiger partial charge in [0.25, 0.3) is 0 Å². The molecule has 0 saturated carbocycles. The second kappa shape index (κ2) is 4.45. The van der Waals surface area contributed by atoms with Gasteiger partial charge in [-0.3, -0.25) is 0 Å². The van der Waals surface area contributed by atoms with Crippen molar-refractivity contribution in [3.05, 3.63) is 52.7 Å². The third-order valence-corrected chi connectivity index (χ3v) is 3.00. The van der Waals surface area contributed by atoms with Crippen LogP contribution in [0.25, 0.3) is 5.65 Å². The van der Waals surface area contributed by atoms with Crippen LogP contribution in [0, 0.1) is 6.92 Å². The lowest BCUT2D eigenvalue weighted by Gasteiger charge is -2.04. The Morgan fingerprint density at radius 2 is 2.00 bits per heavy atom. The molecule has 0 atom stereocenters. The highest BCUT2D eigenvalue weighted by Gasteiger charge is 2.07.